The Morgan fingerprint density at radius 3 is 1.00 bits per heavy atom. The van der Waals surface area contributed by atoms with Gasteiger partial charge in [0.25, 0.3) is 0 Å². The van der Waals surface area contributed by atoms with E-state index in [1.165, 1.54) is 0 Å². The van der Waals surface area contributed by atoms with Gasteiger partial charge in [-0.15, -0.1) is 0 Å². The van der Waals surface area contributed by atoms with Crippen LogP contribution in [0.4, 0.5) is 0 Å². The van der Waals surface area contributed by atoms with E-state index in [1.807, 2.05) is 0 Å². The Bertz CT molecular complexity index is 7.61. The Balaban J connectivity index is -0.00000000167. The summed E-state index contributed by atoms with van der Waals surface area (Å²) in [5, 5.41) is 0. The molecule has 0 fully saturated rings. The predicted molar refractivity (Wildman–Crippen MR) is 11.0 cm³/mol. The summed E-state index contributed by atoms with van der Waals surface area (Å²) in [6.07, 6.45) is 0. The van der Waals surface area contributed by atoms with Crippen LogP contribution in [-0.4, -0.2) is 0 Å². The van der Waals surface area contributed by atoms with Crippen LogP contribution >= 0.6 is 0 Å². The van der Waals surface area contributed by atoms with Crippen LogP contribution in [0, 0.1) is 6.92 Å². The minimum absolute atomic E-state index is 0. The van der Waals surface area contributed by atoms with Crippen LogP contribution in [0.2, 0.25) is 0 Å². The summed E-state index contributed by atoms with van der Waals surface area (Å²) in [7, 11) is 0. The average molecular weight is 191 g/mol. The average Bonchev–Trinajstić information content (AvgIpc) is 1.00. The molecule has 0 N–H and O–H groups in total. The van der Waals surface area contributed by atoms with Crippen molar-refractivity contribution >= 4 is 0 Å². The first-order chi connectivity index (χ1) is 1.00. The third-order valence-electron chi connectivity index (χ3n) is 0. The molecule has 0 aliphatic heterocycles. The molecule has 0 aromatic rings. The van der Waals surface area contributed by atoms with Crippen LogP contribution in [0.25, 0.3) is 0 Å². The second-order valence-electron chi connectivity index (χ2n) is 0. The van der Waals surface area contributed by atoms with Gasteiger partial charge in [0.05, 0.1) is 0 Å². The maximum atomic E-state index is 3.25. The van der Waals surface area contributed by atoms with Crippen molar-refractivity contribution in [2.24, 2.45) is 0 Å². The zero-order valence-corrected chi connectivity index (χ0v) is 6.93. The zero-order chi connectivity index (χ0) is 2.00. The first kappa shape index (κ1) is 31.8. The molecule has 0 atom stereocenters. The molecule has 0 bridgehead atoms. The van der Waals surface area contributed by atoms with Crippen LogP contribution in [-0.2, 0) is 26.2 Å². The zero-order valence-electron chi connectivity index (χ0n) is 2.96. The van der Waals surface area contributed by atoms with Crippen LogP contribution in [0.1, 0.15) is 6.92 Å². The van der Waals surface area contributed by atoms with E-state index in [0.717, 1.165) is 0 Å². The van der Waals surface area contributed by atoms with Gasteiger partial charge in [0, 0.05) is 0 Å². The minimum atomic E-state index is 0. The molecule has 0 saturated carbocycles. The molecular weight excluding hydrogens is 186 g/mol. The fraction of sp³-hybridized carbons (Fsp3) is 0.500. The van der Waals surface area contributed by atoms with E-state index in [2.05, 4.69) is 6.92 Å². The molecule has 0 nitrogen and oxygen atoms in total. The van der Waals surface area contributed by atoms with Crippen molar-refractivity contribution in [1.82, 2.24) is 0 Å². The molecule has 0 unspecified atom stereocenters. The van der Waals surface area contributed by atoms with E-state index in [4.69, 9.17) is 0 Å². The molecule has 0 aromatic carbocycles. The Hall–Kier alpha value is 1.46. The second-order valence-corrected chi connectivity index (χ2v) is 0. The third-order valence-corrected chi connectivity index (χ3v) is 0. The summed E-state index contributed by atoms with van der Waals surface area (Å²) < 4.78 is 0. The van der Waals surface area contributed by atoms with Gasteiger partial charge in [-0.3, -0.25) is 0 Å². The summed E-state index contributed by atoms with van der Waals surface area (Å²) in [4.78, 5) is 0. The van der Waals surface area contributed by atoms with E-state index in [9.17, 15) is 0 Å². The Morgan fingerprint density at radius 2 is 1.00 bits per heavy atom. The van der Waals surface area contributed by atoms with Gasteiger partial charge in [0.2, 0.25) is 0 Å². The molecule has 31 valence electrons. The van der Waals surface area contributed by atoms with E-state index >= 15 is 0 Å². The van der Waals surface area contributed by atoms with Gasteiger partial charge in [-0.05, 0) is 0 Å². The van der Waals surface area contributed by atoms with Gasteiger partial charge >= 0.3 is 26.2 Å². The van der Waals surface area contributed by atoms with E-state index in [0.29, 0.717) is 0 Å². The summed E-state index contributed by atoms with van der Waals surface area (Å²) in [5.74, 6) is 0. The Kier molecular flexibility index (Phi) is 323. The SMILES string of the molecule is [CH2-]C.[Cl-].[Cl-].[Zr+3]. The van der Waals surface area contributed by atoms with Gasteiger partial charge < -0.3 is 31.7 Å². The maximum Gasteiger partial charge on any atom is 3.00 e. The smallest absolute Gasteiger partial charge is 1.00 e. The van der Waals surface area contributed by atoms with Crippen molar-refractivity contribution in [2.45, 2.75) is 6.92 Å². The van der Waals surface area contributed by atoms with Gasteiger partial charge in [0.15, 0.2) is 0 Å². The van der Waals surface area contributed by atoms with Gasteiger partial charge in [-0.2, -0.15) is 6.92 Å². The summed E-state index contributed by atoms with van der Waals surface area (Å²) in [6.45, 7) is 5.00. The van der Waals surface area contributed by atoms with E-state index in [1.54, 1.807) is 6.92 Å². The molecule has 1 radical (unpaired) electrons. The van der Waals surface area contributed by atoms with Crippen molar-refractivity contribution in [3.8, 4) is 0 Å². The van der Waals surface area contributed by atoms with Crippen molar-refractivity contribution < 1.29 is 51.0 Å². The van der Waals surface area contributed by atoms with Crippen LogP contribution in [0.3, 0.4) is 0 Å². The van der Waals surface area contributed by atoms with Crippen molar-refractivity contribution in [1.29, 1.82) is 0 Å². The molecular formula is C2H5Cl2Zr. The molecule has 0 aliphatic carbocycles. The van der Waals surface area contributed by atoms with Crippen LogP contribution in [0.15, 0.2) is 0 Å². The van der Waals surface area contributed by atoms with E-state index in [-0.39, 0.29) is 51.0 Å². The molecule has 0 heterocycles. The molecule has 0 aliphatic rings. The topological polar surface area (TPSA) is 0 Å². The quantitative estimate of drug-likeness (QED) is 0.336. The van der Waals surface area contributed by atoms with Gasteiger partial charge in [-0.25, -0.2) is 0 Å². The molecule has 0 aromatic heterocycles. The predicted octanol–water partition coefficient (Wildman–Crippen LogP) is -5.15. The fourth-order valence-corrected chi connectivity index (χ4v) is 0. The van der Waals surface area contributed by atoms with Crippen molar-refractivity contribution in [3.05, 3.63) is 6.92 Å². The number of hydrogen-bond acceptors (Lipinski definition) is 0. The monoisotopic (exact) mass is 189 g/mol. The molecule has 3 heteroatoms. The first-order valence-corrected chi connectivity index (χ1v) is 0.707. The summed E-state index contributed by atoms with van der Waals surface area (Å²) in [6, 6.07) is 0. The largest absolute Gasteiger partial charge is 3.00 e. The Morgan fingerprint density at radius 1 is 1.00 bits per heavy atom. The van der Waals surface area contributed by atoms with Crippen LogP contribution in [0.5, 0.6) is 0 Å². The molecule has 5 heavy (non-hydrogen) atoms. The maximum absolute atomic E-state index is 3.25. The Labute approximate surface area is 64.7 Å². The van der Waals surface area contributed by atoms with Gasteiger partial charge in [-0.1, -0.05) is 0 Å². The molecule has 0 spiro atoms. The first-order valence-electron chi connectivity index (χ1n) is 0.707. The summed E-state index contributed by atoms with van der Waals surface area (Å²) in [5.41, 5.74) is 0. The third kappa shape index (κ3) is 30.6. The van der Waals surface area contributed by atoms with E-state index < -0.39 is 0 Å². The number of rotatable bonds is 0. The van der Waals surface area contributed by atoms with Gasteiger partial charge in [0.1, 0.15) is 0 Å². The fourth-order valence-electron chi connectivity index (χ4n) is 0. The second kappa shape index (κ2) is 50.8. The number of hydrogen-bond donors (Lipinski definition) is 0. The number of halogens is 2. The normalized spacial score (nSPS) is 1.20. The molecule has 0 amide bonds. The summed E-state index contributed by atoms with van der Waals surface area (Å²) >= 11 is 0. The molecule has 0 rings (SSSR count). The van der Waals surface area contributed by atoms with Crippen molar-refractivity contribution in [2.75, 3.05) is 0 Å². The van der Waals surface area contributed by atoms with Crippen molar-refractivity contribution in [3.63, 3.8) is 0 Å². The van der Waals surface area contributed by atoms with Crippen LogP contribution < -0.4 is 24.8 Å². The molecule has 0 saturated heterocycles. The minimum Gasteiger partial charge on any atom is -1.00 e. The standard InChI is InChI=1S/C2H5.2ClH.Zr/c1-2;;;/h1H2,2H3;2*1H;/q-1;;;+3/p-2.